The van der Waals surface area contributed by atoms with Crippen LogP contribution >= 0.6 is 23.2 Å². The highest BCUT2D eigenvalue weighted by Crippen LogP contribution is 2.32. The van der Waals surface area contributed by atoms with E-state index in [1.807, 2.05) is 4.90 Å². The molecule has 1 aromatic rings. The fraction of sp³-hybridized carbons (Fsp3) is 0.667. The maximum atomic E-state index is 12.8. The molecule has 0 spiro atoms. The minimum atomic E-state index is -0.589. The summed E-state index contributed by atoms with van der Waals surface area (Å²) in [6.45, 7) is 10.7. The molecular weight excluding hydrogens is 399 g/mol. The van der Waals surface area contributed by atoms with E-state index in [1.165, 1.54) is 0 Å². The first-order valence-electron chi connectivity index (χ1n) is 10.1. The van der Waals surface area contributed by atoms with Crippen molar-refractivity contribution in [3.8, 4) is 5.75 Å². The van der Waals surface area contributed by atoms with Crippen molar-refractivity contribution in [2.45, 2.75) is 51.9 Å². The first kappa shape index (κ1) is 21.7. The first-order valence-corrected chi connectivity index (χ1v) is 10.9. The summed E-state index contributed by atoms with van der Waals surface area (Å²) in [4.78, 5) is 17.2. The van der Waals surface area contributed by atoms with Crippen LogP contribution in [0.15, 0.2) is 18.2 Å². The van der Waals surface area contributed by atoms with Gasteiger partial charge in [0.2, 0.25) is 0 Å². The second kappa shape index (κ2) is 9.66. The van der Waals surface area contributed by atoms with Crippen LogP contribution in [0.4, 0.5) is 0 Å². The van der Waals surface area contributed by atoms with Gasteiger partial charge < -0.3 is 14.4 Å². The number of hydrogen-bond donors (Lipinski definition) is 0. The zero-order chi connectivity index (χ0) is 20.3. The molecule has 0 bridgehead atoms. The Bertz CT molecular complexity index is 670. The van der Waals surface area contributed by atoms with Gasteiger partial charge in [-0.25, -0.2) is 0 Å². The fourth-order valence-electron chi connectivity index (χ4n) is 4.21. The molecule has 2 aliphatic rings. The number of morpholine rings is 1. The number of hydrogen-bond acceptors (Lipinski definition) is 4. The normalized spacial score (nSPS) is 25.5. The average Bonchev–Trinajstić information content (AvgIpc) is 2.64. The van der Waals surface area contributed by atoms with E-state index in [4.69, 9.17) is 32.7 Å². The molecule has 0 saturated carbocycles. The lowest BCUT2D eigenvalue weighted by atomic mass is 9.95. The van der Waals surface area contributed by atoms with Gasteiger partial charge in [-0.3, -0.25) is 9.69 Å². The number of piperidine rings is 1. The third-order valence-electron chi connectivity index (χ3n) is 5.51. The van der Waals surface area contributed by atoms with Crippen LogP contribution in [0.1, 0.15) is 33.6 Å². The number of benzene rings is 1. The predicted molar refractivity (Wildman–Crippen MR) is 112 cm³/mol. The minimum Gasteiger partial charge on any atom is -0.479 e. The van der Waals surface area contributed by atoms with Gasteiger partial charge in [-0.05, 0) is 51.7 Å². The van der Waals surface area contributed by atoms with Crippen molar-refractivity contribution in [3.05, 3.63) is 28.2 Å². The molecule has 5 nitrogen and oxygen atoms in total. The Hall–Kier alpha value is -1.01. The number of ether oxygens (including phenoxy) is 2. The third-order valence-corrected chi connectivity index (χ3v) is 6.31. The molecule has 7 heteroatoms. The van der Waals surface area contributed by atoms with Gasteiger partial charge in [-0.15, -0.1) is 0 Å². The molecule has 2 saturated heterocycles. The number of amides is 1. The second-order valence-electron chi connectivity index (χ2n) is 8.06. The molecule has 0 aromatic heterocycles. The van der Waals surface area contributed by atoms with Crippen molar-refractivity contribution >= 4 is 29.1 Å². The van der Waals surface area contributed by atoms with Crippen LogP contribution in [-0.4, -0.2) is 66.7 Å². The first-order chi connectivity index (χ1) is 13.3. The van der Waals surface area contributed by atoms with Crippen LogP contribution in [0, 0.1) is 5.92 Å². The smallest absolute Gasteiger partial charge is 0.263 e. The minimum absolute atomic E-state index is 0.00288. The van der Waals surface area contributed by atoms with Crippen LogP contribution in [-0.2, 0) is 9.53 Å². The molecule has 0 radical (unpaired) electrons. The monoisotopic (exact) mass is 428 g/mol. The van der Waals surface area contributed by atoms with Crippen molar-refractivity contribution in [1.29, 1.82) is 0 Å². The van der Waals surface area contributed by atoms with Crippen molar-refractivity contribution in [2.75, 3.05) is 32.7 Å². The van der Waals surface area contributed by atoms with Crippen molar-refractivity contribution < 1.29 is 14.3 Å². The molecule has 3 atom stereocenters. The highest BCUT2D eigenvalue weighted by atomic mass is 35.5. The maximum Gasteiger partial charge on any atom is 0.263 e. The number of nitrogens with zero attached hydrogens (tertiary/aromatic N) is 2. The van der Waals surface area contributed by atoms with Gasteiger partial charge in [0, 0.05) is 32.7 Å². The van der Waals surface area contributed by atoms with E-state index in [0.717, 1.165) is 45.6 Å². The fourth-order valence-corrected chi connectivity index (χ4v) is 4.54. The molecule has 3 rings (SSSR count). The zero-order valence-electron chi connectivity index (χ0n) is 16.9. The van der Waals surface area contributed by atoms with Gasteiger partial charge in [0.1, 0.15) is 10.8 Å². The number of carbonyl (C=O) groups is 1. The highest BCUT2D eigenvalue weighted by Gasteiger charge is 2.30. The molecule has 0 N–H and O–H groups in total. The lowest BCUT2D eigenvalue weighted by Gasteiger charge is -2.39. The summed E-state index contributed by atoms with van der Waals surface area (Å²) in [7, 11) is 0. The standard InChI is InChI=1S/C21H30Cl2N2O3/c1-14-11-24(12-15(2)27-14)13-17-7-9-25(10-8-17)21(26)16(3)28-19-6-4-5-18(22)20(19)23/h4-6,14-17H,7-13H2,1-3H3. The SMILES string of the molecule is CC1CN(CC2CCN(C(=O)C(C)Oc3cccc(Cl)c3Cl)CC2)CC(C)O1. The summed E-state index contributed by atoms with van der Waals surface area (Å²) in [5, 5.41) is 0.767. The molecular formula is C21H30Cl2N2O3. The molecule has 0 aliphatic carbocycles. The summed E-state index contributed by atoms with van der Waals surface area (Å²) in [6.07, 6.45) is 2.05. The molecule has 2 heterocycles. The van der Waals surface area contributed by atoms with E-state index in [-0.39, 0.29) is 5.91 Å². The topological polar surface area (TPSA) is 42.0 Å². The van der Waals surface area contributed by atoms with Crippen molar-refractivity contribution in [2.24, 2.45) is 5.92 Å². The molecule has 1 amide bonds. The molecule has 156 valence electrons. The number of likely N-dealkylation sites (tertiary alicyclic amines) is 1. The Kier molecular flexibility index (Phi) is 7.48. The van der Waals surface area contributed by atoms with E-state index < -0.39 is 6.10 Å². The Labute approximate surface area is 177 Å². The van der Waals surface area contributed by atoms with Crippen LogP contribution < -0.4 is 4.74 Å². The zero-order valence-corrected chi connectivity index (χ0v) is 18.4. The Morgan fingerprint density at radius 3 is 2.50 bits per heavy atom. The Morgan fingerprint density at radius 2 is 1.86 bits per heavy atom. The molecule has 2 fully saturated rings. The van der Waals surface area contributed by atoms with E-state index in [0.29, 0.717) is 33.9 Å². The summed E-state index contributed by atoms with van der Waals surface area (Å²) < 4.78 is 11.6. The number of rotatable bonds is 5. The van der Waals surface area contributed by atoms with Gasteiger partial charge in [0.05, 0.1) is 17.2 Å². The molecule has 2 aliphatic heterocycles. The van der Waals surface area contributed by atoms with Crippen LogP contribution in [0.3, 0.4) is 0 Å². The lowest BCUT2D eigenvalue weighted by molar-refractivity contribution is -0.139. The van der Waals surface area contributed by atoms with Gasteiger partial charge in [0.15, 0.2) is 6.10 Å². The average molecular weight is 429 g/mol. The summed E-state index contributed by atoms with van der Waals surface area (Å²) >= 11 is 12.2. The van der Waals surface area contributed by atoms with Gasteiger partial charge in [-0.2, -0.15) is 0 Å². The van der Waals surface area contributed by atoms with Crippen LogP contribution in [0.5, 0.6) is 5.75 Å². The second-order valence-corrected chi connectivity index (χ2v) is 8.84. The summed E-state index contributed by atoms with van der Waals surface area (Å²) in [5.74, 6) is 1.07. The quantitative estimate of drug-likeness (QED) is 0.707. The Morgan fingerprint density at radius 1 is 1.21 bits per heavy atom. The number of halogens is 2. The number of carbonyl (C=O) groups excluding carboxylic acids is 1. The van der Waals surface area contributed by atoms with Gasteiger partial charge in [0.25, 0.3) is 5.91 Å². The highest BCUT2D eigenvalue weighted by molar-refractivity contribution is 6.42. The Balaban J connectivity index is 1.47. The lowest BCUT2D eigenvalue weighted by Crippen LogP contribution is -2.49. The largest absolute Gasteiger partial charge is 0.479 e. The van der Waals surface area contributed by atoms with Gasteiger partial charge >= 0.3 is 0 Å². The predicted octanol–water partition coefficient (Wildman–Crippen LogP) is 4.11. The summed E-state index contributed by atoms with van der Waals surface area (Å²) in [5.41, 5.74) is 0. The van der Waals surface area contributed by atoms with Crippen molar-refractivity contribution in [1.82, 2.24) is 9.80 Å². The maximum absolute atomic E-state index is 12.8. The van der Waals surface area contributed by atoms with E-state index >= 15 is 0 Å². The van der Waals surface area contributed by atoms with E-state index in [1.54, 1.807) is 25.1 Å². The van der Waals surface area contributed by atoms with Crippen LogP contribution in [0.2, 0.25) is 10.0 Å². The molecule has 3 unspecified atom stereocenters. The van der Waals surface area contributed by atoms with Crippen molar-refractivity contribution in [3.63, 3.8) is 0 Å². The van der Waals surface area contributed by atoms with E-state index in [2.05, 4.69) is 18.7 Å². The van der Waals surface area contributed by atoms with Crippen LogP contribution in [0.25, 0.3) is 0 Å². The molecule has 1 aromatic carbocycles. The summed E-state index contributed by atoms with van der Waals surface area (Å²) in [6, 6.07) is 5.19. The van der Waals surface area contributed by atoms with E-state index in [9.17, 15) is 4.79 Å². The third kappa shape index (κ3) is 5.53. The van der Waals surface area contributed by atoms with Gasteiger partial charge in [-0.1, -0.05) is 29.3 Å². The molecule has 28 heavy (non-hydrogen) atoms.